The largest absolute Gasteiger partial charge is 0.399 e. The Kier molecular flexibility index (Phi) is 7.27. The van der Waals surface area contributed by atoms with Gasteiger partial charge in [0.15, 0.2) is 5.82 Å². The molecular weight excluding hydrogens is 472 g/mol. The molecule has 1 atom stereocenters. The molecule has 0 unspecified atom stereocenters. The first-order valence-electron chi connectivity index (χ1n) is 12.4. The molecule has 0 bridgehead atoms. The monoisotopic (exact) mass is 502 g/mol. The van der Waals surface area contributed by atoms with Crippen molar-refractivity contribution in [2.45, 2.75) is 25.9 Å². The van der Waals surface area contributed by atoms with Gasteiger partial charge in [0.05, 0.1) is 18.8 Å². The van der Waals surface area contributed by atoms with Gasteiger partial charge in [-0.15, -0.1) is 0 Å². The van der Waals surface area contributed by atoms with Crippen molar-refractivity contribution < 1.29 is 18.9 Å². The highest BCUT2D eigenvalue weighted by Crippen LogP contribution is 2.31. The average molecular weight is 503 g/mol. The number of benzene rings is 2. The van der Waals surface area contributed by atoms with Crippen molar-refractivity contribution in [1.29, 1.82) is 0 Å². The highest BCUT2D eigenvalue weighted by atomic mass is 16.6. The van der Waals surface area contributed by atoms with E-state index < -0.39 is 6.04 Å². The Bertz CT molecular complexity index is 1270. The number of amides is 2. The third-order valence-corrected chi connectivity index (χ3v) is 6.84. The van der Waals surface area contributed by atoms with Gasteiger partial charge >= 0.3 is 0 Å². The molecule has 37 heavy (non-hydrogen) atoms. The van der Waals surface area contributed by atoms with Gasteiger partial charge in [-0.05, 0) is 23.3 Å². The molecule has 192 valence electrons. The molecule has 10 heteroatoms. The zero-order valence-electron chi connectivity index (χ0n) is 21.0. The van der Waals surface area contributed by atoms with Gasteiger partial charge in [0.25, 0.3) is 5.91 Å². The molecule has 3 heterocycles. The molecule has 2 saturated heterocycles. The zero-order valence-corrected chi connectivity index (χ0v) is 21.0. The minimum absolute atomic E-state index is 0.0916. The number of likely N-dealkylation sites (tertiary alicyclic amines) is 1. The molecule has 0 radical (unpaired) electrons. The molecule has 2 fully saturated rings. The highest BCUT2D eigenvalue weighted by molar-refractivity contribution is 6.00. The lowest BCUT2D eigenvalue weighted by Crippen LogP contribution is -2.47. The van der Waals surface area contributed by atoms with Crippen LogP contribution in [0.25, 0.3) is 11.1 Å². The number of carbonyl (C=O) groups excluding carboxylic acids is 2. The smallest absolute Gasteiger partial charge is 0.254 e. The first-order valence-corrected chi connectivity index (χ1v) is 12.4. The molecule has 2 aliphatic heterocycles. The lowest BCUT2D eigenvalue weighted by atomic mass is 10.0. The summed E-state index contributed by atoms with van der Waals surface area (Å²) >= 11 is 0. The van der Waals surface area contributed by atoms with Crippen molar-refractivity contribution in [2.24, 2.45) is 5.16 Å². The Hall–Kier alpha value is -4.05. The van der Waals surface area contributed by atoms with E-state index in [1.165, 1.54) is 7.11 Å². The summed E-state index contributed by atoms with van der Waals surface area (Å²) < 4.78 is 5.56. The van der Waals surface area contributed by atoms with Gasteiger partial charge in [-0.25, -0.2) is 0 Å². The van der Waals surface area contributed by atoms with Crippen LogP contribution in [0.1, 0.15) is 41.5 Å². The van der Waals surface area contributed by atoms with E-state index in [0.717, 1.165) is 29.9 Å². The van der Waals surface area contributed by atoms with E-state index in [0.29, 0.717) is 49.9 Å². The van der Waals surface area contributed by atoms with Gasteiger partial charge in [0.2, 0.25) is 11.8 Å². The maximum atomic E-state index is 13.5. The van der Waals surface area contributed by atoms with Gasteiger partial charge < -0.3 is 19.2 Å². The second-order valence-corrected chi connectivity index (χ2v) is 9.26. The number of carbonyl (C=O) groups is 2. The van der Waals surface area contributed by atoms with Crippen LogP contribution in [0.2, 0.25) is 0 Å². The Morgan fingerprint density at radius 1 is 1.03 bits per heavy atom. The van der Waals surface area contributed by atoms with Crippen molar-refractivity contribution in [2.75, 3.05) is 39.8 Å². The standard InChI is InChI=1S/C27H30N6O4/c1-19(34)32-14-12-31(13-15-32)18-25-28-26(30-37-25)24-16-23(29-36-2)17-33(24)27(35)22-10-8-21(9-11-22)20-6-4-3-5-7-20/h3-11,24H,12-18H2,1-2H3/b29-23-/t24-/m0/s1. The van der Waals surface area contributed by atoms with Gasteiger partial charge in [-0.2, -0.15) is 4.98 Å². The summed E-state index contributed by atoms with van der Waals surface area (Å²) in [5.74, 6) is 0.905. The topological polar surface area (TPSA) is 104 Å². The van der Waals surface area contributed by atoms with Crippen LogP contribution < -0.4 is 0 Å². The van der Waals surface area contributed by atoms with Gasteiger partial charge in [-0.1, -0.05) is 52.8 Å². The molecular formula is C27H30N6O4. The van der Waals surface area contributed by atoms with E-state index in [4.69, 9.17) is 9.36 Å². The van der Waals surface area contributed by atoms with Crippen LogP contribution in [0, 0.1) is 0 Å². The molecule has 3 aromatic rings. The Balaban J connectivity index is 1.30. The van der Waals surface area contributed by atoms with Crippen molar-refractivity contribution in [3.63, 3.8) is 0 Å². The van der Waals surface area contributed by atoms with E-state index >= 15 is 0 Å². The fourth-order valence-electron chi connectivity index (χ4n) is 4.83. The number of rotatable bonds is 6. The van der Waals surface area contributed by atoms with Crippen LogP contribution in [0.15, 0.2) is 64.3 Å². The van der Waals surface area contributed by atoms with Crippen LogP contribution in [0.5, 0.6) is 0 Å². The molecule has 0 aliphatic carbocycles. The summed E-state index contributed by atoms with van der Waals surface area (Å²) in [6.07, 6.45) is 0.470. The average Bonchev–Trinajstić information content (AvgIpc) is 3.56. The lowest BCUT2D eigenvalue weighted by molar-refractivity contribution is -0.130. The van der Waals surface area contributed by atoms with Crippen LogP contribution in [0.3, 0.4) is 0 Å². The molecule has 10 nitrogen and oxygen atoms in total. The zero-order chi connectivity index (χ0) is 25.8. The van der Waals surface area contributed by atoms with Gasteiger partial charge in [0, 0.05) is 45.1 Å². The molecule has 0 saturated carbocycles. The van der Waals surface area contributed by atoms with Gasteiger partial charge in [0.1, 0.15) is 13.2 Å². The van der Waals surface area contributed by atoms with Crippen LogP contribution in [-0.4, -0.2) is 82.2 Å². The fraction of sp³-hybridized carbons (Fsp3) is 0.370. The summed E-state index contributed by atoms with van der Waals surface area (Å²) in [7, 11) is 1.49. The molecule has 2 aromatic carbocycles. The van der Waals surface area contributed by atoms with Crippen LogP contribution in [0.4, 0.5) is 0 Å². The maximum Gasteiger partial charge on any atom is 0.254 e. The molecule has 1 aromatic heterocycles. The first-order chi connectivity index (χ1) is 18.0. The van der Waals surface area contributed by atoms with E-state index in [2.05, 4.69) is 20.2 Å². The van der Waals surface area contributed by atoms with Crippen LogP contribution in [-0.2, 0) is 16.2 Å². The maximum absolute atomic E-state index is 13.5. The minimum Gasteiger partial charge on any atom is -0.399 e. The van der Waals surface area contributed by atoms with Crippen molar-refractivity contribution in [3.05, 3.63) is 71.9 Å². The van der Waals surface area contributed by atoms with E-state index in [1.807, 2.05) is 59.5 Å². The predicted molar refractivity (Wildman–Crippen MR) is 137 cm³/mol. The second kappa shape index (κ2) is 10.9. The van der Waals surface area contributed by atoms with Gasteiger partial charge in [-0.3, -0.25) is 14.5 Å². The summed E-state index contributed by atoms with van der Waals surface area (Å²) in [5, 5.41) is 8.31. The summed E-state index contributed by atoms with van der Waals surface area (Å²) in [5.41, 5.74) is 3.46. The quantitative estimate of drug-likeness (QED) is 0.477. The lowest BCUT2D eigenvalue weighted by Gasteiger charge is -2.33. The normalized spacial score (nSPS) is 19.4. The second-order valence-electron chi connectivity index (χ2n) is 9.26. The molecule has 2 aliphatic rings. The van der Waals surface area contributed by atoms with E-state index in [-0.39, 0.29) is 11.8 Å². The van der Waals surface area contributed by atoms with Crippen molar-refractivity contribution in [1.82, 2.24) is 24.8 Å². The van der Waals surface area contributed by atoms with Crippen molar-refractivity contribution in [3.8, 4) is 11.1 Å². The summed E-state index contributed by atoms with van der Waals surface area (Å²) in [6.45, 7) is 5.27. The Morgan fingerprint density at radius 3 is 2.41 bits per heavy atom. The molecule has 2 amide bonds. The Morgan fingerprint density at radius 2 is 1.73 bits per heavy atom. The summed E-state index contributed by atoms with van der Waals surface area (Å²) in [4.78, 5) is 40.5. The van der Waals surface area contributed by atoms with E-state index in [9.17, 15) is 9.59 Å². The third kappa shape index (κ3) is 5.54. The number of hydrogen-bond acceptors (Lipinski definition) is 8. The van der Waals surface area contributed by atoms with E-state index in [1.54, 1.807) is 11.8 Å². The first kappa shape index (κ1) is 24.6. The highest BCUT2D eigenvalue weighted by Gasteiger charge is 2.38. The number of aromatic nitrogens is 2. The fourth-order valence-corrected chi connectivity index (χ4v) is 4.83. The number of piperazine rings is 1. The number of nitrogens with zero attached hydrogens (tertiary/aromatic N) is 6. The van der Waals surface area contributed by atoms with Crippen molar-refractivity contribution >= 4 is 17.5 Å². The SMILES string of the molecule is CO/N=C1/C[C@@H](c2noc(CN3CCN(C(C)=O)CC3)n2)N(C(=O)c2ccc(-c3ccccc3)cc2)C1. The molecule has 0 spiro atoms. The minimum atomic E-state index is -0.401. The molecule has 5 rings (SSSR count). The number of oxime groups is 1. The van der Waals surface area contributed by atoms with Crippen LogP contribution >= 0.6 is 0 Å². The number of hydrogen-bond donors (Lipinski definition) is 0. The third-order valence-electron chi connectivity index (χ3n) is 6.84. The predicted octanol–water partition coefficient (Wildman–Crippen LogP) is 2.99. The summed E-state index contributed by atoms with van der Waals surface area (Å²) in [6, 6.07) is 17.2. The molecule has 0 N–H and O–H groups in total. The Labute approximate surface area is 215 Å².